The first-order valence-electron chi connectivity index (χ1n) is 13.0. The maximum Gasteiger partial charge on any atom is 0.340 e. The van der Waals surface area contributed by atoms with Crippen LogP contribution in [0, 0.1) is 0 Å². The third kappa shape index (κ3) is 6.90. The molecule has 0 bridgehead atoms. The van der Waals surface area contributed by atoms with Crippen LogP contribution in [0.5, 0.6) is 11.5 Å². The van der Waals surface area contributed by atoms with E-state index in [0.717, 1.165) is 27.1 Å². The predicted molar refractivity (Wildman–Crippen MR) is 171 cm³/mol. The molecule has 0 fully saturated rings. The number of anilines is 1. The van der Waals surface area contributed by atoms with Gasteiger partial charge in [0, 0.05) is 40.5 Å². The van der Waals surface area contributed by atoms with E-state index in [1.54, 1.807) is 49.3 Å². The molecule has 5 rings (SSSR count). The highest BCUT2D eigenvalue weighted by molar-refractivity contribution is 9.10. The van der Waals surface area contributed by atoms with Crippen LogP contribution in [-0.4, -0.2) is 49.2 Å². The molecule has 9 nitrogen and oxygen atoms in total. The van der Waals surface area contributed by atoms with Crippen molar-refractivity contribution in [1.82, 2.24) is 15.3 Å². The van der Waals surface area contributed by atoms with Gasteiger partial charge in [-0.15, -0.1) is 11.3 Å². The van der Waals surface area contributed by atoms with Crippen LogP contribution in [-0.2, 0) is 11.3 Å². The minimum Gasteiger partial charge on any atom is -0.497 e. The number of carbonyl (C=O) groups excluding carboxylic acids is 2. The molecular formula is C31H26BrClN4O5S. The third-order valence-electron chi connectivity index (χ3n) is 6.51. The van der Waals surface area contributed by atoms with Gasteiger partial charge in [-0.1, -0.05) is 23.7 Å². The minimum atomic E-state index is -0.450. The summed E-state index contributed by atoms with van der Waals surface area (Å²) in [6.07, 6.45) is 4.83. The van der Waals surface area contributed by atoms with Crippen LogP contribution in [0.15, 0.2) is 77.0 Å². The molecule has 0 aliphatic heterocycles. The number of nitrogens with one attached hydrogen (secondary N) is 2. The number of rotatable bonds is 11. The zero-order valence-electron chi connectivity index (χ0n) is 23.1. The maximum atomic E-state index is 13.2. The molecule has 1 amide bonds. The Morgan fingerprint density at radius 3 is 2.63 bits per heavy atom. The highest BCUT2D eigenvalue weighted by atomic mass is 79.9. The Morgan fingerprint density at radius 2 is 1.86 bits per heavy atom. The predicted octanol–water partition coefficient (Wildman–Crippen LogP) is 6.99. The van der Waals surface area contributed by atoms with E-state index in [9.17, 15) is 9.59 Å². The van der Waals surface area contributed by atoms with Gasteiger partial charge in [0.05, 0.1) is 58.5 Å². The first-order chi connectivity index (χ1) is 20.9. The molecule has 220 valence electrons. The van der Waals surface area contributed by atoms with Gasteiger partial charge >= 0.3 is 5.97 Å². The van der Waals surface area contributed by atoms with Crippen LogP contribution in [0.1, 0.15) is 26.3 Å². The quantitative estimate of drug-likeness (QED) is 0.113. The largest absolute Gasteiger partial charge is 0.497 e. The lowest BCUT2D eigenvalue weighted by atomic mass is 10.0. The molecule has 0 unspecified atom stereocenters. The highest BCUT2D eigenvalue weighted by Crippen LogP contribution is 2.39. The Morgan fingerprint density at radius 1 is 1.05 bits per heavy atom. The van der Waals surface area contributed by atoms with Crippen LogP contribution in [0.25, 0.3) is 21.3 Å². The van der Waals surface area contributed by atoms with Gasteiger partial charge in [-0.2, -0.15) is 0 Å². The lowest BCUT2D eigenvalue weighted by molar-refractivity contribution is 0.0603. The summed E-state index contributed by atoms with van der Waals surface area (Å²) in [5.74, 6) is 0.616. The number of ether oxygens (including phenoxy) is 3. The summed E-state index contributed by atoms with van der Waals surface area (Å²) < 4.78 is 17.6. The fourth-order valence-electron chi connectivity index (χ4n) is 4.39. The van der Waals surface area contributed by atoms with Gasteiger partial charge in [-0.25, -0.2) is 4.79 Å². The minimum absolute atomic E-state index is 0.198. The van der Waals surface area contributed by atoms with Crippen LogP contribution >= 0.6 is 38.9 Å². The van der Waals surface area contributed by atoms with Crippen molar-refractivity contribution < 1.29 is 23.8 Å². The number of benzene rings is 2. The van der Waals surface area contributed by atoms with Gasteiger partial charge in [-0.3, -0.25) is 14.8 Å². The molecule has 2 N–H and O–H groups in total. The van der Waals surface area contributed by atoms with E-state index in [1.165, 1.54) is 18.4 Å². The van der Waals surface area contributed by atoms with Crippen LogP contribution in [0.4, 0.5) is 5.69 Å². The average Bonchev–Trinajstić information content (AvgIpc) is 3.47. The van der Waals surface area contributed by atoms with Crippen LogP contribution < -0.4 is 20.1 Å². The summed E-state index contributed by atoms with van der Waals surface area (Å²) in [5, 5.41) is 8.47. The lowest BCUT2D eigenvalue weighted by Gasteiger charge is -2.15. The molecule has 3 heterocycles. The molecule has 2 aromatic carbocycles. The summed E-state index contributed by atoms with van der Waals surface area (Å²) in [4.78, 5) is 34.0. The Kier molecular flexibility index (Phi) is 9.75. The Hall–Kier alpha value is -4.19. The second-order valence-electron chi connectivity index (χ2n) is 9.17. The molecule has 0 aliphatic rings. The molecule has 0 saturated carbocycles. The maximum absolute atomic E-state index is 13.2. The number of halogens is 2. The molecule has 0 atom stereocenters. The summed E-state index contributed by atoms with van der Waals surface area (Å²) in [7, 11) is 2.96. The number of carbonyl (C=O) groups is 2. The van der Waals surface area contributed by atoms with Gasteiger partial charge in [0.1, 0.15) is 18.1 Å². The van der Waals surface area contributed by atoms with E-state index in [-0.39, 0.29) is 19.1 Å². The number of aromatic nitrogens is 2. The number of methoxy groups -OCH3 is 2. The number of pyridine rings is 2. The number of amides is 1. The molecule has 5 aromatic rings. The molecule has 0 aliphatic carbocycles. The standard InChI is InChI=1S/C31H26BrClN4O5S/c1-40-20-6-3-18(4-7-20)14-37-25-16-34-15-24(32)27(25)30(38)36-11-12-42-26-8-5-19(33)13-22(26)21-9-10-35-28-23(31(39)41-2)17-43-29(21)28/h3-10,13,15-17,37H,11-12,14H2,1-2H3,(H,36,38). The fraction of sp³-hybridized carbons (Fsp3) is 0.161. The average molecular weight is 682 g/mol. The summed E-state index contributed by atoms with van der Waals surface area (Å²) in [5.41, 5.74) is 4.56. The number of nitrogens with zero attached hydrogens (tertiary/aromatic N) is 2. The van der Waals surface area contributed by atoms with Gasteiger partial charge in [0.15, 0.2) is 0 Å². The number of fused-ring (bicyclic) bond motifs is 1. The smallest absolute Gasteiger partial charge is 0.340 e. The second kappa shape index (κ2) is 13.9. The normalized spacial score (nSPS) is 10.8. The van der Waals surface area contributed by atoms with E-state index >= 15 is 0 Å². The van der Waals surface area contributed by atoms with Crippen molar-refractivity contribution >= 4 is 66.6 Å². The van der Waals surface area contributed by atoms with Crippen molar-refractivity contribution in [3.63, 3.8) is 0 Å². The lowest BCUT2D eigenvalue weighted by Crippen LogP contribution is -2.29. The van der Waals surface area contributed by atoms with E-state index in [0.29, 0.717) is 44.1 Å². The molecule has 0 spiro atoms. The van der Waals surface area contributed by atoms with Crippen molar-refractivity contribution in [2.24, 2.45) is 0 Å². The van der Waals surface area contributed by atoms with E-state index in [2.05, 4.69) is 36.5 Å². The number of esters is 1. The summed E-state index contributed by atoms with van der Waals surface area (Å²) in [6, 6.07) is 14.8. The molecule has 3 aromatic heterocycles. The van der Waals surface area contributed by atoms with E-state index in [1.807, 2.05) is 30.3 Å². The SMILES string of the molecule is COC(=O)c1csc2c(-c3cc(Cl)ccc3OCCNC(=O)c3c(Br)cncc3NCc3ccc(OC)cc3)ccnc12. The number of hydrogen-bond acceptors (Lipinski definition) is 9. The zero-order valence-corrected chi connectivity index (χ0v) is 26.3. The first-order valence-corrected chi connectivity index (χ1v) is 15.1. The van der Waals surface area contributed by atoms with Crippen molar-refractivity contribution in [3.05, 3.63) is 98.7 Å². The third-order valence-corrected chi connectivity index (χ3v) is 8.34. The monoisotopic (exact) mass is 680 g/mol. The van der Waals surface area contributed by atoms with E-state index < -0.39 is 5.97 Å². The van der Waals surface area contributed by atoms with E-state index in [4.69, 9.17) is 25.8 Å². The van der Waals surface area contributed by atoms with Gasteiger partial charge in [0.25, 0.3) is 5.91 Å². The number of thiophene rings is 1. The topological polar surface area (TPSA) is 112 Å². The molecule has 12 heteroatoms. The van der Waals surface area contributed by atoms with Crippen molar-refractivity contribution in [2.75, 3.05) is 32.7 Å². The highest BCUT2D eigenvalue weighted by Gasteiger charge is 2.19. The Labute approximate surface area is 265 Å². The van der Waals surface area contributed by atoms with Crippen LogP contribution in [0.3, 0.4) is 0 Å². The molecule has 43 heavy (non-hydrogen) atoms. The molecular weight excluding hydrogens is 656 g/mol. The fourth-order valence-corrected chi connectivity index (χ4v) is 6.10. The first kappa shape index (κ1) is 30.3. The molecule has 0 saturated heterocycles. The van der Waals surface area contributed by atoms with Crippen LogP contribution in [0.2, 0.25) is 5.02 Å². The van der Waals surface area contributed by atoms with Gasteiger partial charge in [0.2, 0.25) is 0 Å². The summed E-state index contributed by atoms with van der Waals surface area (Å²) >= 11 is 11.2. The Balaban J connectivity index is 1.27. The molecule has 0 radical (unpaired) electrons. The van der Waals surface area contributed by atoms with Crippen molar-refractivity contribution in [1.29, 1.82) is 0 Å². The van der Waals surface area contributed by atoms with Crippen molar-refractivity contribution in [3.8, 4) is 22.6 Å². The zero-order chi connectivity index (χ0) is 30.3. The van der Waals surface area contributed by atoms with Gasteiger partial charge < -0.3 is 24.8 Å². The summed E-state index contributed by atoms with van der Waals surface area (Å²) in [6.45, 7) is 0.938. The van der Waals surface area contributed by atoms with Gasteiger partial charge in [-0.05, 0) is 57.9 Å². The van der Waals surface area contributed by atoms with Crippen molar-refractivity contribution in [2.45, 2.75) is 6.54 Å². The Bertz CT molecular complexity index is 1780. The number of hydrogen-bond donors (Lipinski definition) is 2. The second-order valence-corrected chi connectivity index (χ2v) is 11.3.